The van der Waals surface area contributed by atoms with E-state index in [0.717, 1.165) is 12.8 Å². The maximum absolute atomic E-state index is 12.1. The van der Waals surface area contributed by atoms with Gasteiger partial charge in [0.2, 0.25) is 0 Å². The molecule has 0 spiro atoms. The van der Waals surface area contributed by atoms with Gasteiger partial charge in [-0.05, 0) is 25.2 Å². The van der Waals surface area contributed by atoms with Crippen LogP contribution in [-0.4, -0.2) is 41.1 Å². The molecule has 0 aromatic heterocycles. The van der Waals surface area contributed by atoms with Crippen molar-refractivity contribution in [2.75, 3.05) is 13.1 Å². The number of carboxylic acids is 1. The zero-order valence-electron chi connectivity index (χ0n) is 11.5. The van der Waals surface area contributed by atoms with Crippen molar-refractivity contribution in [2.24, 2.45) is 11.8 Å². The van der Waals surface area contributed by atoms with Crippen LogP contribution in [0.3, 0.4) is 0 Å². The van der Waals surface area contributed by atoms with Crippen LogP contribution in [0.25, 0.3) is 0 Å². The zero-order valence-corrected chi connectivity index (χ0v) is 11.5. The Morgan fingerprint density at radius 1 is 1.33 bits per heavy atom. The Kier molecular flexibility index (Phi) is 5.44. The molecule has 0 bridgehead atoms. The normalized spacial score (nSPS) is 24.1. The highest BCUT2D eigenvalue weighted by Crippen LogP contribution is 2.21. The van der Waals surface area contributed by atoms with Crippen LogP contribution in [0.2, 0.25) is 0 Å². The van der Waals surface area contributed by atoms with Crippen molar-refractivity contribution in [1.82, 2.24) is 10.2 Å². The molecule has 5 heteroatoms. The van der Waals surface area contributed by atoms with Gasteiger partial charge in [0.05, 0.1) is 5.92 Å². The molecule has 18 heavy (non-hydrogen) atoms. The van der Waals surface area contributed by atoms with Crippen LogP contribution in [0.4, 0.5) is 4.79 Å². The van der Waals surface area contributed by atoms with Gasteiger partial charge in [-0.25, -0.2) is 4.79 Å². The first kappa shape index (κ1) is 14.8. The molecule has 0 aromatic carbocycles. The van der Waals surface area contributed by atoms with Gasteiger partial charge in [0, 0.05) is 19.1 Å². The van der Waals surface area contributed by atoms with E-state index >= 15 is 0 Å². The minimum absolute atomic E-state index is 0.124. The van der Waals surface area contributed by atoms with Crippen LogP contribution in [-0.2, 0) is 4.79 Å². The Balaban J connectivity index is 2.58. The Morgan fingerprint density at radius 2 is 1.94 bits per heavy atom. The van der Waals surface area contributed by atoms with Crippen LogP contribution >= 0.6 is 0 Å². The molecule has 2 atom stereocenters. The summed E-state index contributed by atoms with van der Waals surface area (Å²) in [6.45, 7) is 7.04. The average Bonchev–Trinajstić information content (AvgIpc) is 2.34. The zero-order chi connectivity index (χ0) is 13.7. The van der Waals surface area contributed by atoms with Gasteiger partial charge < -0.3 is 15.3 Å². The summed E-state index contributed by atoms with van der Waals surface area (Å²) in [4.78, 5) is 24.8. The summed E-state index contributed by atoms with van der Waals surface area (Å²) in [6.07, 6.45) is 2.45. The summed E-state index contributed by atoms with van der Waals surface area (Å²) in [5, 5.41) is 12.0. The van der Waals surface area contributed by atoms with Crippen LogP contribution < -0.4 is 5.32 Å². The first-order valence-electron chi connectivity index (χ1n) is 6.76. The number of nitrogens with one attached hydrogen (secondary N) is 1. The molecule has 1 aliphatic heterocycles. The summed E-state index contributed by atoms with van der Waals surface area (Å²) in [7, 11) is 0. The molecule has 2 unspecified atom stereocenters. The van der Waals surface area contributed by atoms with Crippen LogP contribution in [0.5, 0.6) is 0 Å². The van der Waals surface area contributed by atoms with E-state index < -0.39 is 11.9 Å². The van der Waals surface area contributed by atoms with Crippen molar-refractivity contribution in [1.29, 1.82) is 0 Å². The lowest BCUT2D eigenvalue weighted by Crippen LogP contribution is -2.51. The highest BCUT2D eigenvalue weighted by molar-refractivity contribution is 5.76. The molecule has 0 radical (unpaired) electrons. The van der Waals surface area contributed by atoms with Gasteiger partial charge in [-0.15, -0.1) is 0 Å². The van der Waals surface area contributed by atoms with Gasteiger partial charge in [0.1, 0.15) is 0 Å². The van der Waals surface area contributed by atoms with E-state index in [1.165, 1.54) is 0 Å². The van der Waals surface area contributed by atoms with Crippen molar-refractivity contribution in [3.63, 3.8) is 0 Å². The first-order valence-corrected chi connectivity index (χ1v) is 6.76. The molecule has 0 aromatic rings. The third-order valence-electron chi connectivity index (χ3n) is 3.61. The SMILES string of the molecule is CCC(CC)NC(=O)N1CC(C)CC(C(=O)O)C1. The molecule has 104 valence electrons. The average molecular weight is 256 g/mol. The summed E-state index contributed by atoms with van der Waals surface area (Å²) < 4.78 is 0. The molecule has 1 saturated heterocycles. The molecule has 2 N–H and O–H groups in total. The lowest BCUT2D eigenvalue weighted by molar-refractivity contribution is -0.143. The van der Waals surface area contributed by atoms with Gasteiger partial charge in [0.25, 0.3) is 0 Å². The van der Waals surface area contributed by atoms with Crippen LogP contribution in [0, 0.1) is 11.8 Å². The van der Waals surface area contributed by atoms with Gasteiger partial charge >= 0.3 is 12.0 Å². The minimum atomic E-state index is -0.804. The quantitative estimate of drug-likeness (QED) is 0.807. The molecule has 1 rings (SSSR count). The Morgan fingerprint density at radius 3 is 2.44 bits per heavy atom. The molecule has 1 heterocycles. The maximum atomic E-state index is 12.1. The van der Waals surface area contributed by atoms with Crippen LogP contribution in [0.15, 0.2) is 0 Å². The van der Waals surface area contributed by atoms with E-state index in [4.69, 9.17) is 5.11 Å². The summed E-state index contributed by atoms with van der Waals surface area (Å²) in [5.74, 6) is -0.990. The van der Waals surface area contributed by atoms with E-state index in [9.17, 15) is 9.59 Å². The molecule has 1 fully saturated rings. The van der Waals surface area contributed by atoms with Gasteiger partial charge in [-0.3, -0.25) is 4.79 Å². The number of piperidine rings is 1. The molecular formula is C13H24N2O3. The topological polar surface area (TPSA) is 69.6 Å². The first-order chi connectivity index (χ1) is 8.47. The molecule has 0 aliphatic carbocycles. The predicted octanol–water partition coefficient (Wildman–Crippen LogP) is 1.93. The minimum Gasteiger partial charge on any atom is -0.481 e. The molecule has 5 nitrogen and oxygen atoms in total. The third kappa shape index (κ3) is 3.89. The second-order valence-corrected chi connectivity index (χ2v) is 5.24. The number of nitrogens with zero attached hydrogens (tertiary/aromatic N) is 1. The fourth-order valence-electron chi connectivity index (χ4n) is 2.46. The number of amides is 2. The van der Waals surface area contributed by atoms with E-state index in [2.05, 4.69) is 5.32 Å². The number of rotatable bonds is 4. The highest BCUT2D eigenvalue weighted by atomic mass is 16.4. The summed E-state index contributed by atoms with van der Waals surface area (Å²) in [5.41, 5.74) is 0. The second-order valence-electron chi connectivity index (χ2n) is 5.24. The lowest BCUT2D eigenvalue weighted by atomic mass is 9.91. The van der Waals surface area contributed by atoms with Gasteiger partial charge in [-0.2, -0.15) is 0 Å². The van der Waals surface area contributed by atoms with Gasteiger partial charge in [0.15, 0.2) is 0 Å². The fraction of sp³-hybridized carbons (Fsp3) is 0.846. The number of carbonyl (C=O) groups excluding carboxylic acids is 1. The fourth-order valence-corrected chi connectivity index (χ4v) is 2.46. The van der Waals surface area contributed by atoms with Crippen molar-refractivity contribution < 1.29 is 14.7 Å². The second kappa shape index (κ2) is 6.61. The Bertz CT molecular complexity index is 303. The number of carbonyl (C=O) groups is 2. The van der Waals surface area contributed by atoms with Crippen molar-refractivity contribution >= 4 is 12.0 Å². The van der Waals surface area contributed by atoms with Crippen molar-refractivity contribution in [3.05, 3.63) is 0 Å². The Hall–Kier alpha value is -1.26. The Labute approximate surface area is 109 Å². The molecular weight excluding hydrogens is 232 g/mol. The number of hydrogen-bond acceptors (Lipinski definition) is 2. The van der Waals surface area contributed by atoms with E-state index in [0.29, 0.717) is 19.5 Å². The number of hydrogen-bond donors (Lipinski definition) is 2. The lowest BCUT2D eigenvalue weighted by Gasteiger charge is -2.35. The summed E-state index contributed by atoms with van der Waals surface area (Å²) >= 11 is 0. The predicted molar refractivity (Wildman–Crippen MR) is 69.4 cm³/mol. The number of likely N-dealkylation sites (tertiary alicyclic amines) is 1. The van der Waals surface area contributed by atoms with Crippen molar-refractivity contribution in [3.8, 4) is 0 Å². The molecule has 2 amide bonds. The van der Waals surface area contributed by atoms with E-state index in [1.807, 2.05) is 20.8 Å². The van der Waals surface area contributed by atoms with Crippen molar-refractivity contribution in [2.45, 2.75) is 46.1 Å². The maximum Gasteiger partial charge on any atom is 0.317 e. The molecule has 0 saturated carbocycles. The van der Waals surface area contributed by atoms with Gasteiger partial charge in [-0.1, -0.05) is 20.8 Å². The standard InChI is InChI=1S/C13H24N2O3/c1-4-11(5-2)14-13(18)15-7-9(3)6-10(8-15)12(16)17/h9-11H,4-8H2,1-3H3,(H,14,18)(H,16,17). The third-order valence-corrected chi connectivity index (χ3v) is 3.61. The monoisotopic (exact) mass is 256 g/mol. The van der Waals surface area contributed by atoms with E-state index in [1.54, 1.807) is 4.90 Å². The number of carboxylic acid groups (broad SMARTS) is 1. The largest absolute Gasteiger partial charge is 0.481 e. The summed E-state index contributed by atoms with van der Waals surface area (Å²) in [6, 6.07) is 0.0551. The van der Waals surface area contributed by atoms with Crippen LogP contribution in [0.1, 0.15) is 40.0 Å². The van der Waals surface area contributed by atoms with E-state index in [-0.39, 0.29) is 18.0 Å². The number of urea groups is 1. The highest BCUT2D eigenvalue weighted by Gasteiger charge is 2.32. The molecule has 1 aliphatic rings. The smallest absolute Gasteiger partial charge is 0.317 e. The number of aliphatic carboxylic acids is 1.